The van der Waals surface area contributed by atoms with Gasteiger partial charge in [0.1, 0.15) is 12.1 Å². The number of nitrogens with two attached hydrogens (primary N) is 1. The van der Waals surface area contributed by atoms with Crippen LogP contribution in [0.1, 0.15) is 50.8 Å². The van der Waals surface area contributed by atoms with Gasteiger partial charge >= 0.3 is 10.3 Å². The normalized spacial score (nSPS) is 23.3. The highest BCUT2D eigenvalue weighted by Crippen LogP contribution is 2.39. The number of aliphatic hydroxyl groups excluding tert-OH is 1. The van der Waals surface area contributed by atoms with Crippen molar-refractivity contribution >= 4 is 60.8 Å². The van der Waals surface area contributed by atoms with E-state index < -0.39 is 22.3 Å². The number of aromatic nitrogens is 2. The number of benzene rings is 1. The van der Waals surface area contributed by atoms with Crippen molar-refractivity contribution < 1.29 is 22.5 Å². The third-order valence-corrected chi connectivity index (χ3v) is 9.16. The molecule has 3 heterocycles. The Morgan fingerprint density at radius 1 is 1.32 bits per heavy atom. The molecule has 0 bridgehead atoms. The molecule has 5 N–H and O–H groups in total. The number of nitrogens with one attached hydrogen (secondary N) is 2. The Hall–Kier alpha value is -1.97. The summed E-state index contributed by atoms with van der Waals surface area (Å²) in [7, 11) is -4.10. The topological polar surface area (TPSA) is 157 Å². The van der Waals surface area contributed by atoms with Gasteiger partial charge in [-0.05, 0) is 48.6 Å². The van der Waals surface area contributed by atoms with Gasteiger partial charge in [0.25, 0.3) is 0 Å². The zero-order valence-corrected chi connectivity index (χ0v) is 23.9. The number of hydrogen-bond acceptors (Lipinski definition) is 10. The van der Waals surface area contributed by atoms with Gasteiger partial charge in [-0.15, -0.1) is 11.3 Å². The fourth-order valence-corrected chi connectivity index (χ4v) is 7.04. The number of thiophene rings is 1. The molecule has 0 saturated heterocycles. The van der Waals surface area contributed by atoms with E-state index in [0.29, 0.717) is 27.9 Å². The second-order valence-electron chi connectivity index (χ2n) is 9.35. The van der Waals surface area contributed by atoms with Gasteiger partial charge in [-0.3, -0.25) is 8.98 Å². The summed E-state index contributed by atoms with van der Waals surface area (Å²) in [6.07, 6.45) is 3.63. The lowest BCUT2D eigenvalue weighted by Gasteiger charge is -2.27. The smallest absolute Gasteiger partial charge is 0.333 e. The van der Waals surface area contributed by atoms with E-state index in [-0.39, 0.29) is 30.0 Å². The monoisotopic (exact) mass is 641 g/mol. The molecule has 14 heteroatoms. The van der Waals surface area contributed by atoms with E-state index in [1.165, 1.54) is 29.4 Å². The van der Waals surface area contributed by atoms with Crippen LogP contribution in [0, 0.1) is 5.92 Å². The van der Waals surface area contributed by atoms with Gasteiger partial charge in [-0.25, -0.2) is 15.1 Å². The SMILES string of the molecule is NS(=O)(=O)OC[C@H]1C[C@@H](Nc2ncncc2C(=O)c2cc(C3NCCc4ccc(Br)cc43)c(Cl)s2)C[C@@H]1O. The van der Waals surface area contributed by atoms with Crippen molar-refractivity contribution in [3.63, 3.8) is 0 Å². The first-order chi connectivity index (χ1) is 18.1. The fourth-order valence-electron chi connectivity index (χ4n) is 5.01. The average Bonchev–Trinajstić information content (AvgIpc) is 3.43. The second kappa shape index (κ2) is 11.3. The average molecular weight is 643 g/mol. The van der Waals surface area contributed by atoms with E-state index in [0.717, 1.165) is 28.6 Å². The molecule has 0 radical (unpaired) electrons. The molecule has 0 amide bonds. The van der Waals surface area contributed by atoms with Crippen molar-refractivity contribution in [2.24, 2.45) is 11.1 Å². The molecule has 1 fully saturated rings. The van der Waals surface area contributed by atoms with Gasteiger partial charge in [0.05, 0.1) is 33.5 Å². The number of ketones is 1. The van der Waals surface area contributed by atoms with Crippen molar-refractivity contribution in [2.45, 2.75) is 37.5 Å². The van der Waals surface area contributed by atoms with Crippen LogP contribution >= 0.6 is 38.9 Å². The minimum absolute atomic E-state index is 0.136. The number of halogens is 2. The quantitative estimate of drug-likeness (QED) is 0.271. The van der Waals surface area contributed by atoms with E-state index in [4.69, 9.17) is 16.7 Å². The summed E-state index contributed by atoms with van der Waals surface area (Å²) >= 11 is 11.4. The van der Waals surface area contributed by atoms with Crippen LogP contribution in [0.25, 0.3) is 0 Å². The van der Waals surface area contributed by atoms with Crippen molar-refractivity contribution in [2.75, 3.05) is 18.5 Å². The van der Waals surface area contributed by atoms with Crippen LogP contribution in [-0.2, 0) is 20.9 Å². The summed E-state index contributed by atoms with van der Waals surface area (Å²) in [6, 6.07) is 7.62. The maximum absolute atomic E-state index is 13.6. The summed E-state index contributed by atoms with van der Waals surface area (Å²) in [5.74, 6) is -0.382. The number of carbonyl (C=O) groups excluding carboxylic acids is 1. The molecule has 3 aromatic rings. The number of anilines is 1. The summed E-state index contributed by atoms with van der Waals surface area (Å²) in [4.78, 5) is 22.3. The highest BCUT2D eigenvalue weighted by atomic mass is 79.9. The first-order valence-corrected chi connectivity index (χ1v) is 15.3. The molecule has 1 aromatic carbocycles. The Labute approximate surface area is 237 Å². The predicted octanol–water partition coefficient (Wildman–Crippen LogP) is 3.19. The molecule has 202 valence electrons. The number of carbonyl (C=O) groups is 1. The standard InChI is InChI=1S/C24H25BrClN5O5S2/c25-14-2-1-12-3-4-29-21(16(12)6-14)17-8-20(37-23(17)26)22(33)18-9-28-11-30-24(18)31-15-5-13(19(32)7-15)10-36-38(27,34)35/h1-2,6,8-9,11,13,15,19,21,29,32H,3-5,7,10H2,(H2,27,34,35)(H,28,30,31)/t13-,15-,19+,21?/m1/s1. The highest BCUT2D eigenvalue weighted by molar-refractivity contribution is 9.10. The predicted molar refractivity (Wildman–Crippen MR) is 148 cm³/mol. The van der Waals surface area contributed by atoms with Crippen LogP contribution in [0.3, 0.4) is 0 Å². The number of hydrogen-bond donors (Lipinski definition) is 4. The lowest BCUT2D eigenvalue weighted by atomic mass is 9.91. The zero-order chi connectivity index (χ0) is 27.0. The molecule has 1 aliphatic carbocycles. The molecular weight excluding hydrogens is 618 g/mol. The van der Waals surface area contributed by atoms with E-state index in [2.05, 4.69) is 52.8 Å². The number of rotatable bonds is 8. The molecule has 1 saturated carbocycles. The molecule has 2 aromatic heterocycles. The first kappa shape index (κ1) is 27.6. The van der Waals surface area contributed by atoms with Gasteiger partial charge in [0.15, 0.2) is 0 Å². The number of nitrogens with zero attached hydrogens (tertiary/aromatic N) is 2. The van der Waals surface area contributed by atoms with E-state index in [1.807, 2.05) is 12.1 Å². The maximum atomic E-state index is 13.6. The Morgan fingerprint density at radius 2 is 2.13 bits per heavy atom. The molecule has 2 aliphatic rings. The van der Waals surface area contributed by atoms with Crippen LogP contribution in [0.15, 0.2) is 41.3 Å². The van der Waals surface area contributed by atoms with Crippen LogP contribution in [-0.4, -0.2) is 54.6 Å². The third kappa shape index (κ3) is 6.10. The van der Waals surface area contributed by atoms with Crippen molar-refractivity contribution in [1.82, 2.24) is 15.3 Å². The molecule has 38 heavy (non-hydrogen) atoms. The number of fused-ring (bicyclic) bond motifs is 1. The van der Waals surface area contributed by atoms with Gasteiger partial charge in [0.2, 0.25) is 5.78 Å². The molecule has 4 atom stereocenters. The Bertz CT molecular complexity index is 1470. The Morgan fingerprint density at radius 3 is 2.92 bits per heavy atom. The summed E-state index contributed by atoms with van der Waals surface area (Å²) in [5.41, 5.74) is 3.47. The van der Waals surface area contributed by atoms with Crippen molar-refractivity contribution in [3.05, 3.63) is 72.7 Å². The minimum Gasteiger partial charge on any atom is -0.393 e. The van der Waals surface area contributed by atoms with Gasteiger partial charge in [-0.1, -0.05) is 33.6 Å². The molecule has 0 spiro atoms. The molecule has 1 unspecified atom stereocenters. The second-order valence-corrected chi connectivity index (χ2v) is 13.1. The van der Waals surface area contributed by atoms with Crippen LogP contribution < -0.4 is 15.8 Å². The van der Waals surface area contributed by atoms with E-state index in [1.54, 1.807) is 0 Å². The molecule has 10 nitrogen and oxygen atoms in total. The van der Waals surface area contributed by atoms with Gasteiger partial charge in [-0.2, -0.15) is 8.42 Å². The summed E-state index contributed by atoms with van der Waals surface area (Å²) in [5, 5.41) is 22.0. The summed E-state index contributed by atoms with van der Waals surface area (Å²) in [6.45, 7) is 0.574. The Kier molecular flexibility index (Phi) is 8.17. The third-order valence-electron chi connectivity index (χ3n) is 6.81. The maximum Gasteiger partial charge on any atom is 0.333 e. The van der Waals surface area contributed by atoms with Crippen molar-refractivity contribution in [3.8, 4) is 0 Å². The lowest BCUT2D eigenvalue weighted by molar-refractivity contribution is 0.101. The largest absolute Gasteiger partial charge is 0.393 e. The van der Waals surface area contributed by atoms with E-state index >= 15 is 0 Å². The Balaban J connectivity index is 1.35. The first-order valence-electron chi connectivity index (χ1n) is 11.9. The fraction of sp³-hybridized carbons (Fsp3) is 0.375. The molecular formula is C24H25BrClN5O5S2. The molecule has 5 rings (SSSR count). The summed E-state index contributed by atoms with van der Waals surface area (Å²) < 4.78 is 28.4. The molecule has 1 aliphatic heterocycles. The number of aliphatic hydroxyl groups is 1. The highest BCUT2D eigenvalue weighted by Gasteiger charge is 2.35. The van der Waals surface area contributed by atoms with Crippen LogP contribution in [0.2, 0.25) is 4.34 Å². The van der Waals surface area contributed by atoms with Gasteiger partial charge < -0.3 is 15.7 Å². The minimum atomic E-state index is -4.10. The van der Waals surface area contributed by atoms with Crippen molar-refractivity contribution in [1.29, 1.82) is 0 Å². The van der Waals surface area contributed by atoms with E-state index in [9.17, 15) is 18.3 Å². The zero-order valence-electron chi connectivity index (χ0n) is 19.9. The lowest BCUT2D eigenvalue weighted by Crippen LogP contribution is -2.30. The van der Waals surface area contributed by atoms with Gasteiger partial charge in [0, 0.05) is 34.7 Å². The van der Waals surface area contributed by atoms with Crippen LogP contribution in [0.4, 0.5) is 5.82 Å². The van der Waals surface area contributed by atoms with Crippen LogP contribution in [0.5, 0.6) is 0 Å².